The van der Waals surface area contributed by atoms with Gasteiger partial charge in [-0.3, -0.25) is 9.89 Å². The highest BCUT2D eigenvalue weighted by Crippen LogP contribution is 2.45. The summed E-state index contributed by atoms with van der Waals surface area (Å²) < 4.78 is 22.4. The summed E-state index contributed by atoms with van der Waals surface area (Å²) in [5.41, 5.74) is -0.865. The molecule has 0 saturated carbocycles. The van der Waals surface area contributed by atoms with E-state index >= 15 is 4.39 Å². The van der Waals surface area contributed by atoms with Crippen LogP contribution >= 0.6 is 15.9 Å². The Labute approximate surface area is 163 Å². The number of rotatable bonds is 0. The number of hydrogen-bond acceptors (Lipinski definition) is 5. The maximum absolute atomic E-state index is 15.4. The van der Waals surface area contributed by atoms with Gasteiger partial charge in [0, 0.05) is 12.0 Å². The number of likely N-dealkylation sites (tertiary alicyclic amines) is 1. The number of nitrogens with one attached hydrogen (secondary N) is 1. The summed E-state index contributed by atoms with van der Waals surface area (Å²) >= 11 is 3.20. The smallest absolute Gasteiger partial charge is 0.410 e. The molecular weight excluding hydrogens is 421 g/mol. The van der Waals surface area contributed by atoms with Crippen LogP contribution in [-0.2, 0) is 16.6 Å². The minimum atomic E-state index is -1.36. The van der Waals surface area contributed by atoms with E-state index in [1.165, 1.54) is 9.42 Å². The number of fused-ring (bicyclic) bond motifs is 3. The van der Waals surface area contributed by atoms with E-state index in [2.05, 4.69) is 31.0 Å². The molecule has 1 aliphatic heterocycles. The molecule has 1 N–H and O–H groups in total. The van der Waals surface area contributed by atoms with Crippen molar-refractivity contribution in [2.75, 3.05) is 13.1 Å². The second-order valence-electron chi connectivity index (χ2n) is 8.19. The number of halogens is 2. The molecule has 10 heteroatoms. The highest BCUT2D eigenvalue weighted by Gasteiger charge is 2.52. The second kappa shape index (κ2) is 6.02. The van der Waals surface area contributed by atoms with Crippen molar-refractivity contribution in [1.82, 2.24) is 24.5 Å². The molecule has 146 valence electrons. The lowest BCUT2D eigenvalue weighted by Crippen LogP contribution is -2.54. The zero-order valence-corrected chi connectivity index (χ0v) is 17.0. The normalized spacial score (nSPS) is 25.2. The Morgan fingerprint density at radius 3 is 2.78 bits per heavy atom. The molecule has 4 rings (SSSR count). The quantitative estimate of drug-likeness (QED) is 0.676. The van der Waals surface area contributed by atoms with Gasteiger partial charge in [0.25, 0.3) is 11.3 Å². The van der Waals surface area contributed by atoms with Crippen LogP contribution in [0.25, 0.3) is 5.78 Å². The fourth-order valence-electron chi connectivity index (χ4n) is 4.09. The van der Waals surface area contributed by atoms with Gasteiger partial charge in [-0.15, -0.1) is 0 Å². The lowest BCUT2D eigenvalue weighted by atomic mass is 9.73. The maximum atomic E-state index is 15.4. The lowest BCUT2D eigenvalue weighted by Gasteiger charge is -2.42. The number of carbonyl (C=O) groups is 1. The highest BCUT2D eigenvalue weighted by atomic mass is 79.9. The van der Waals surface area contributed by atoms with E-state index in [1.54, 1.807) is 20.8 Å². The van der Waals surface area contributed by atoms with Crippen LogP contribution < -0.4 is 5.56 Å². The molecule has 1 amide bonds. The molecule has 8 nitrogen and oxygen atoms in total. The fraction of sp³-hybridized carbons (Fsp3) is 0.647. The van der Waals surface area contributed by atoms with Crippen LogP contribution in [0.4, 0.5) is 9.18 Å². The van der Waals surface area contributed by atoms with Gasteiger partial charge < -0.3 is 9.64 Å². The Morgan fingerprint density at radius 1 is 1.37 bits per heavy atom. The third-order valence-electron chi connectivity index (χ3n) is 5.31. The van der Waals surface area contributed by atoms with Crippen LogP contribution in [0, 0.1) is 0 Å². The van der Waals surface area contributed by atoms with Gasteiger partial charge in [-0.05, 0) is 56.0 Å². The SMILES string of the molecule is CC(C)(C)OC(=O)N1CCC2(CCc3nc4nc(Br)[nH]n4c(=O)c32)C(F)C1. The molecule has 1 aliphatic carbocycles. The number of hydrogen-bond donors (Lipinski definition) is 1. The van der Waals surface area contributed by atoms with Crippen molar-refractivity contribution < 1.29 is 13.9 Å². The van der Waals surface area contributed by atoms with Crippen molar-refractivity contribution in [2.24, 2.45) is 0 Å². The Hall–Kier alpha value is -1.97. The van der Waals surface area contributed by atoms with Crippen LogP contribution in [0.3, 0.4) is 0 Å². The minimum Gasteiger partial charge on any atom is -0.444 e. The Kier molecular flexibility index (Phi) is 4.10. The standard InChI is InChI=1S/C17H21BrFN5O3/c1-16(2,3)27-15(26)23-7-6-17(10(19)8-23)5-4-9-11(17)12(25)24-14(20-9)21-13(18)22-24/h10H,4-8H2,1-3H3,(H,20,21,22). The van der Waals surface area contributed by atoms with Crippen LogP contribution in [0.15, 0.2) is 9.53 Å². The zero-order chi connectivity index (χ0) is 19.6. The lowest BCUT2D eigenvalue weighted by molar-refractivity contribution is -0.000634. The zero-order valence-electron chi connectivity index (χ0n) is 15.4. The van der Waals surface area contributed by atoms with Crippen LogP contribution in [-0.4, -0.2) is 55.4 Å². The molecule has 1 saturated heterocycles. The first-order valence-electron chi connectivity index (χ1n) is 8.90. The Bertz CT molecular complexity index is 981. The summed E-state index contributed by atoms with van der Waals surface area (Å²) in [6.07, 6.45) is -0.501. The highest BCUT2D eigenvalue weighted by molar-refractivity contribution is 9.10. The average Bonchev–Trinajstić information content (AvgIpc) is 3.10. The van der Waals surface area contributed by atoms with Gasteiger partial charge in [-0.1, -0.05) is 0 Å². The molecule has 0 bridgehead atoms. The van der Waals surface area contributed by atoms with Crippen molar-refractivity contribution in [2.45, 2.75) is 57.2 Å². The van der Waals surface area contributed by atoms with Crippen molar-refractivity contribution in [3.05, 3.63) is 26.3 Å². The first-order chi connectivity index (χ1) is 12.6. The molecule has 1 spiro atoms. The number of carbonyl (C=O) groups excluding carboxylic acids is 1. The third-order valence-corrected chi connectivity index (χ3v) is 5.66. The van der Waals surface area contributed by atoms with E-state index in [4.69, 9.17) is 4.74 Å². The predicted octanol–water partition coefficient (Wildman–Crippen LogP) is 2.34. The molecule has 2 atom stereocenters. The number of aromatic nitrogens is 4. The van der Waals surface area contributed by atoms with E-state index in [0.717, 1.165) is 0 Å². The minimum absolute atomic E-state index is 0.0941. The first kappa shape index (κ1) is 18.4. The van der Waals surface area contributed by atoms with Gasteiger partial charge in [-0.25, -0.2) is 14.2 Å². The summed E-state index contributed by atoms with van der Waals surface area (Å²) in [6, 6.07) is 0. The van der Waals surface area contributed by atoms with Crippen molar-refractivity contribution in [1.29, 1.82) is 0 Å². The number of amides is 1. The van der Waals surface area contributed by atoms with Crippen molar-refractivity contribution in [3.63, 3.8) is 0 Å². The van der Waals surface area contributed by atoms with E-state index in [1.807, 2.05) is 0 Å². The third kappa shape index (κ3) is 2.94. The number of aromatic amines is 1. The summed E-state index contributed by atoms with van der Waals surface area (Å²) in [4.78, 5) is 35.3. The van der Waals surface area contributed by atoms with Gasteiger partial charge in [0.05, 0.1) is 17.8 Å². The number of nitrogens with zero attached hydrogens (tertiary/aromatic N) is 4. The molecule has 2 aromatic rings. The number of alkyl halides is 1. The second-order valence-corrected chi connectivity index (χ2v) is 8.94. The van der Waals surface area contributed by atoms with Crippen LogP contribution in [0.5, 0.6) is 0 Å². The molecular formula is C17H21BrFN5O3. The van der Waals surface area contributed by atoms with Gasteiger partial charge in [0.2, 0.25) is 0 Å². The van der Waals surface area contributed by atoms with E-state index in [0.29, 0.717) is 41.8 Å². The molecule has 27 heavy (non-hydrogen) atoms. The van der Waals surface area contributed by atoms with E-state index < -0.39 is 23.3 Å². The van der Waals surface area contributed by atoms with E-state index in [9.17, 15) is 9.59 Å². The molecule has 2 aromatic heterocycles. The van der Waals surface area contributed by atoms with Gasteiger partial charge >= 0.3 is 6.09 Å². The number of piperidine rings is 1. The predicted molar refractivity (Wildman–Crippen MR) is 98.6 cm³/mol. The maximum Gasteiger partial charge on any atom is 0.410 e. The molecule has 0 aromatic carbocycles. The molecule has 0 radical (unpaired) electrons. The largest absolute Gasteiger partial charge is 0.444 e. The van der Waals surface area contributed by atoms with Gasteiger partial charge in [0.15, 0.2) is 4.73 Å². The van der Waals surface area contributed by atoms with Crippen molar-refractivity contribution >= 4 is 27.8 Å². The first-order valence-corrected chi connectivity index (χ1v) is 9.70. The summed E-state index contributed by atoms with van der Waals surface area (Å²) in [7, 11) is 0. The van der Waals surface area contributed by atoms with Crippen LogP contribution in [0.2, 0.25) is 0 Å². The van der Waals surface area contributed by atoms with Gasteiger partial charge in [-0.2, -0.15) is 9.50 Å². The van der Waals surface area contributed by atoms with Gasteiger partial charge in [0.1, 0.15) is 11.8 Å². The molecule has 2 aliphatic rings. The summed E-state index contributed by atoms with van der Waals surface area (Å²) in [6.45, 7) is 5.57. The molecule has 3 heterocycles. The van der Waals surface area contributed by atoms with Crippen molar-refractivity contribution in [3.8, 4) is 0 Å². The Balaban J connectivity index is 1.67. The molecule has 2 unspecified atom stereocenters. The number of ether oxygens (including phenoxy) is 1. The Morgan fingerprint density at radius 2 is 2.11 bits per heavy atom. The average molecular weight is 442 g/mol. The van der Waals surface area contributed by atoms with Crippen LogP contribution in [0.1, 0.15) is 44.9 Å². The number of H-pyrrole nitrogens is 1. The topological polar surface area (TPSA) is 92.6 Å². The molecule has 1 fully saturated rings. The number of aryl methyl sites for hydroxylation is 1. The fourth-order valence-corrected chi connectivity index (χ4v) is 4.42. The van der Waals surface area contributed by atoms with E-state index in [-0.39, 0.29) is 17.9 Å². The summed E-state index contributed by atoms with van der Waals surface area (Å²) in [5, 5.41) is 2.79. The summed E-state index contributed by atoms with van der Waals surface area (Å²) in [5.74, 6) is 0.268. The monoisotopic (exact) mass is 441 g/mol.